The number of hydrogen-bond donors (Lipinski definition) is 3. The molecule has 0 fully saturated rings. The van der Waals surface area contributed by atoms with Crippen LogP contribution in [-0.2, 0) is 11.3 Å². The van der Waals surface area contributed by atoms with Gasteiger partial charge in [-0.2, -0.15) is 10.1 Å². The SMILES string of the molecule is Cc1cn(-c2nc(Nc3cnn(C[C@H](C)O)c3)ncc2F)c2ccc(C=CC(N)=O)cc12. The van der Waals surface area contributed by atoms with Crippen LogP contribution in [0.1, 0.15) is 18.1 Å². The molecule has 0 saturated heterocycles. The van der Waals surface area contributed by atoms with Gasteiger partial charge in [-0.1, -0.05) is 6.07 Å². The summed E-state index contributed by atoms with van der Waals surface area (Å²) >= 11 is 0. The maximum atomic E-state index is 14.7. The van der Waals surface area contributed by atoms with Gasteiger partial charge in [0.1, 0.15) is 0 Å². The van der Waals surface area contributed by atoms with Gasteiger partial charge in [-0.25, -0.2) is 9.37 Å². The highest BCUT2D eigenvalue weighted by Gasteiger charge is 2.15. The number of halogens is 1. The van der Waals surface area contributed by atoms with Crippen LogP contribution in [0.4, 0.5) is 16.0 Å². The maximum Gasteiger partial charge on any atom is 0.241 e. The number of anilines is 2. The van der Waals surface area contributed by atoms with Crippen LogP contribution in [0, 0.1) is 12.7 Å². The van der Waals surface area contributed by atoms with Crippen LogP contribution in [0.5, 0.6) is 0 Å². The standard InChI is InChI=1S/C22H22FN7O2/c1-13-10-30(19-5-3-15(7-17(13)19)4-6-20(24)32)21-18(23)9-25-22(28-21)27-16-8-26-29(12-16)11-14(2)31/h3-10,12,14,31H,11H2,1-2H3,(H2,24,32)(H,25,27,28)/t14-/m0/s1. The molecule has 4 N–H and O–H groups in total. The zero-order valence-electron chi connectivity index (χ0n) is 17.5. The number of carbonyl (C=O) groups is 1. The molecule has 3 aromatic heterocycles. The summed E-state index contributed by atoms with van der Waals surface area (Å²) < 4.78 is 17.9. The van der Waals surface area contributed by atoms with Gasteiger partial charge in [0.25, 0.3) is 0 Å². The molecule has 32 heavy (non-hydrogen) atoms. The zero-order chi connectivity index (χ0) is 22.8. The molecule has 0 radical (unpaired) electrons. The van der Waals surface area contributed by atoms with Crippen LogP contribution in [-0.4, -0.2) is 41.4 Å². The zero-order valence-corrected chi connectivity index (χ0v) is 17.5. The average molecular weight is 435 g/mol. The molecule has 9 nitrogen and oxygen atoms in total. The summed E-state index contributed by atoms with van der Waals surface area (Å²) in [7, 11) is 0. The van der Waals surface area contributed by atoms with Gasteiger partial charge < -0.3 is 16.2 Å². The Kier molecular flexibility index (Phi) is 5.69. The number of nitrogens with two attached hydrogens (primary N) is 1. The van der Waals surface area contributed by atoms with Gasteiger partial charge >= 0.3 is 0 Å². The molecule has 4 aromatic rings. The minimum atomic E-state index is -0.574. The Morgan fingerprint density at radius 2 is 2.16 bits per heavy atom. The third-order valence-corrected chi connectivity index (χ3v) is 4.76. The van der Waals surface area contributed by atoms with E-state index < -0.39 is 17.8 Å². The van der Waals surface area contributed by atoms with Crippen LogP contribution in [0.25, 0.3) is 22.8 Å². The summed E-state index contributed by atoms with van der Waals surface area (Å²) in [4.78, 5) is 19.4. The molecule has 0 saturated carbocycles. The van der Waals surface area contributed by atoms with Crippen molar-refractivity contribution in [2.24, 2.45) is 5.73 Å². The number of hydrogen-bond acceptors (Lipinski definition) is 6. The molecule has 0 unspecified atom stereocenters. The molecule has 1 atom stereocenters. The Morgan fingerprint density at radius 3 is 2.91 bits per heavy atom. The quantitative estimate of drug-likeness (QED) is 0.384. The number of amides is 1. The highest BCUT2D eigenvalue weighted by Crippen LogP contribution is 2.27. The van der Waals surface area contributed by atoms with Crippen molar-refractivity contribution in [3.63, 3.8) is 0 Å². The predicted octanol–water partition coefficient (Wildman–Crippen LogP) is 2.69. The van der Waals surface area contributed by atoms with Crippen molar-refractivity contribution < 1.29 is 14.3 Å². The number of aryl methyl sites for hydroxylation is 1. The molecule has 0 aliphatic rings. The molecule has 0 aliphatic heterocycles. The lowest BCUT2D eigenvalue weighted by Crippen LogP contribution is -2.11. The van der Waals surface area contributed by atoms with Gasteiger partial charge in [-0.3, -0.25) is 14.0 Å². The number of rotatable bonds is 7. The molecular weight excluding hydrogens is 413 g/mol. The van der Waals surface area contributed by atoms with Crippen molar-refractivity contribution in [2.75, 3.05) is 5.32 Å². The molecule has 164 valence electrons. The highest BCUT2D eigenvalue weighted by atomic mass is 19.1. The van der Waals surface area contributed by atoms with Gasteiger partial charge in [-0.15, -0.1) is 0 Å². The van der Waals surface area contributed by atoms with Crippen LogP contribution >= 0.6 is 0 Å². The van der Waals surface area contributed by atoms with Gasteiger partial charge in [0.2, 0.25) is 11.9 Å². The molecule has 0 bridgehead atoms. The van der Waals surface area contributed by atoms with E-state index >= 15 is 0 Å². The van der Waals surface area contributed by atoms with E-state index in [1.165, 1.54) is 6.08 Å². The molecule has 1 amide bonds. The first kappa shape index (κ1) is 21.2. The fourth-order valence-corrected chi connectivity index (χ4v) is 3.38. The van der Waals surface area contributed by atoms with Gasteiger partial charge in [0.05, 0.1) is 36.2 Å². The molecule has 0 aliphatic carbocycles. The van der Waals surface area contributed by atoms with Gasteiger partial charge in [0, 0.05) is 23.9 Å². The van der Waals surface area contributed by atoms with Crippen LogP contribution in [0.2, 0.25) is 0 Å². The largest absolute Gasteiger partial charge is 0.391 e. The lowest BCUT2D eigenvalue weighted by atomic mass is 10.1. The summed E-state index contributed by atoms with van der Waals surface area (Å²) in [5.41, 5.74) is 8.25. The Hall–Kier alpha value is -4.05. The molecule has 4 rings (SSSR count). The van der Waals surface area contributed by atoms with Crippen molar-refractivity contribution in [3.8, 4) is 5.82 Å². The minimum absolute atomic E-state index is 0.0948. The van der Waals surface area contributed by atoms with Crippen molar-refractivity contribution >= 4 is 34.5 Å². The summed E-state index contributed by atoms with van der Waals surface area (Å²) in [6.07, 6.45) is 8.56. The van der Waals surface area contributed by atoms with E-state index in [9.17, 15) is 14.3 Å². The summed E-state index contributed by atoms with van der Waals surface area (Å²) in [5, 5.41) is 17.5. The number of benzene rings is 1. The Morgan fingerprint density at radius 1 is 1.34 bits per heavy atom. The van der Waals surface area contributed by atoms with E-state index in [0.717, 1.165) is 28.2 Å². The minimum Gasteiger partial charge on any atom is -0.391 e. The molecular formula is C22H22FN7O2. The van der Waals surface area contributed by atoms with Crippen molar-refractivity contribution in [1.82, 2.24) is 24.3 Å². The van der Waals surface area contributed by atoms with Crippen molar-refractivity contribution in [1.29, 1.82) is 0 Å². The summed E-state index contributed by atoms with van der Waals surface area (Å²) in [6, 6.07) is 5.54. The number of nitrogens with zero attached hydrogens (tertiary/aromatic N) is 5. The normalized spacial score (nSPS) is 12.5. The maximum absolute atomic E-state index is 14.7. The molecule has 10 heteroatoms. The topological polar surface area (TPSA) is 124 Å². The van der Waals surface area contributed by atoms with Crippen molar-refractivity contribution in [2.45, 2.75) is 26.5 Å². The Labute approximate surface area is 183 Å². The lowest BCUT2D eigenvalue weighted by Gasteiger charge is -2.09. The third-order valence-electron chi connectivity index (χ3n) is 4.76. The van der Waals surface area contributed by atoms with E-state index in [4.69, 9.17) is 5.73 Å². The van der Waals surface area contributed by atoms with Crippen LogP contribution < -0.4 is 11.1 Å². The lowest BCUT2D eigenvalue weighted by molar-refractivity contribution is -0.113. The van der Waals surface area contributed by atoms with Crippen LogP contribution in [0.3, 0.4) is 0 Å². The number of primary amides is 1. The number of nitrogens with one attached hydrogen (secondary N) is 1. The average Bonchev–Trinajstić information content (AvgIpc) is 3.31. The second-order valence-corrected chi connectivity index (χ2v) is 7.48. The van der Waals surface area contributed by atoms with Crippen LogP contribution in [0.15, 0.2) is 49.1 Å². The van der Waals surface area contributed by atoms with E-state index in [2.05, 4.69) is 20.4 Å². The first-order chi connectivity index (χ1) is 15.3. The first-order valence-corrected chi connectivity index (χ1v) is 9.90. The Balaban J connectivity index is 1.67. The van der Waals surface area contributed by atoms with E-state index in [-0.39, 0.29) is 11.8 Å². The molecule has 3 heterocycles. The smallest absolute Gasteiger partial charge is 0.241 e. The number of carbonyl (C=O) groups excluding carboxylic acids is 1. The number of aromatic nitrogens is 5. The van der Waals surface area contributed by atoms with Gasteiger partial charge in [-0.05, 0) is 43.2 Å². The van der Waals surface area contributed by atoms with E-state index in [1.54, 1.807) is 40.8 Å². The number of aliphatic hydroxyl groups excluding tert-OH is 1. The molecule has 1 aromatic carbocycles. The van der Waals surface area contributed by atoms with Crippen molar-refractivity contribution in [3.05, 3.63) is 66.0 Å². The number of fused-ring (bicyclic) bond motifs is 1. The fourth-order valence-electron chi connectivity index (χ4n) is 3.38. The summed E-state index contributed by atoms with van der Waals surface area (Å²) in [6.45, 7) is 3.93. The monoisotopic (exact) mass is 435 g/mol. The third kappa shape index (κ3) is 4.49. The Bertz CT molecular complexity index is 1320. The molecule has 0 spiro atoms. The second-order valence-electron chi connectivity index (χ2n) is 7.48. The fraction of sp³-hybridized carbons (Fsp3) is 0.182. The van der Waals surface area contributed by atoms with Gasteiger partial charge in [0.15, 0.2) is 11.6 Å². The second kappa shape index (κ2) is 8.60. The van der Waals surface area contributed by atoms with E-state index in [1.807, 2.05) is 25.1 Å². The number of aliphatic hydroxyl groups is 1. The highest BCUT2D eigenvalue weighted by molar-refractivity contribution is 5.92. The van der Waals surface area contributed by atoms with E-state index in [0.29, 0.717) is 12.2 Å². The predicted molar refractivity (Wildman–Crippen MR) is 119 cm³/mol. The summed E-state index contributed by atoms with van der Waals surface area (Å²) in [5.74, 6) is -0.801. The first-order valence-electron chi connectivity index (χ1n) is 9.90.